The topological polar surface area (TPSA) is 61.0 Å². The normalized spacial score (nSPS) is 10.1. The fourth-order valence-corrected chi connectivity index (χ4v) is 1.38. The molecule has 5 heteroatoms. The lowest BCUT2D eigenvalue weighted by Crippen LogP contribution is -1.93. The van der Waals surface area contributed by atoms with E-state index in [1.54, 1.807) is 24.3 Å². The molecular weight excluding hydrogens is 226 g/mol. The summed E-state index contributed by atoms with van der Waals surface area (Å²) >= 11 is 5.96. The Kier molecular flexibility index (Phi) is 2.92. The van der Waals surface area contributed by atoms with E-state index in [1.807, 2.05) is 13.0 Å². The molecule has 0 spiro atoms. The van der Waals surface area contributed by atoms with Crippen LogP contribution in [-0.2, 0) is 0 Å². The summed E-state index contributed by atoms with van der Waals surface area (Å²) in [5.41, 5.74) is 6.99. The van der Waals surface area contributed by atoms with Crippen LogP contribution in [0.15, 0.2) is 30.3 Å². The molecule has 0 aliphatic heterocycles. The molecule has 4 nitrogen and oxygen atoms in total. The third-order valence-electron chi connectivity index (χ3n) is 1.94. The molecule has 2 N–H and O–H groups in total. The van der Waals surface area contributed by atoms with Gasteiger partial charge in [0.05, 0.1) is 10.7 Å². The molecule has 1 aromatic carbocycles. The quantitative estimate of drug-likeness (QED) is 0.813. The van der Waals surface area contributed by atoms with Crippen LogP contribution in [0.3, 0.4) is 0 Å². The standard InChI is InChI=1S/C11H10ClN3O/c1-7-2-5-11(15-14-7)16-10-4-3-8(13)6-9(10)12/h2-6H,13H2,1H3. The highest BCUT2D eigenvalue weighted by Gasteiger charge is 2.04. The highest BCUT2D eigenvalue weighted by atomic mass is 35.5. The van der Waals surface area contributed by atoms with E-state index < -0.39 is 0 Å². The zero-order chi connectivity index (χ0) is 11.5. The van der Waals surface area contributed by atoms with Crippen molar-refractivity contribution in [3.05, 3.63) is 41.0 Å². The maximum Gasteiger partial charge on any atom is 0.238 e. The summed E-state index contributed by atoms with van der Waals surface area (Å²) in [5.74, 6) is 0.909. The number of benzene rings is 1. The molecule has 1 heterocycles. The number of hydrogen-bond acceptors (Lipinski definition) is 4. The van der Waals surface area contributed by atoms with Gasteiger partial charge in [0.2, 0.25) is 5.88 Å². The number of halogens is 1. The van der Waals surface area contributed by atoms with Gasteiger partial charge in [0, 0.05) is 11.8 Å². The average Bonchev–Trinajstić information content (AvgIpc) is 2.25. The van der Waals surface area contributed by atoms with Crippen LogP contribution in [0.25, 0.3) is 0 Å². The lowest BCUT2D eigenvalue weighted by molar-refractivity contribution is 0.454. The maximum absolute atomic E-state index is 5.96. The van der Waals surface area contributed by atoms with Crippen LogP contribution in [0.4, 0.5) is 5.69 Å². The first-order valence-electron chi connectivity index (χ1n) is 4.68. The van der Waals surface area contributed by atoms with E-state index in [9.17, 15) is 0 Å². The predicted octanol–water partition coefficient (Wildman–Crippen LogP) is 2.81. The Morgan fingerprint density at radius 3 is 2.62 bits per heavy atom. The molecule has 1 aromatic heterocycles. The van der Waals surface area contributed by atoms with Crippen molar-refractivity contribution in [2.24, 2.45) is 0 Å². The molecule has 82 valence electrons. The SMILES string of the molecule is Cc1ccc(Oc2ccc(N)cc2Cl)nn1. The second kappa shape index (κ2) is 4.37. The monoisotopic (exact) mass is 235 g/mol. The molecule has 0 bridgehead atoms. The van der Waals surface area contributed by atoms with E-state index in [0.29, 0.717) is 22.3 Å². The predicted molar refractivity (Wildman–Crippen MR) is 62.7 cm³/mol. The van der Waals surface area contributed by atoms with Crippen molar-refractivity contribution in [3.8, 4) is 11.6 Å². The Morgan fingerprint density at radius 2 is 2.00 bits per heavy atom. The van der Waals surface area contributed by atoms with Crippen LogP contribution < -0.4 is 10.5 Å². The van der Waals surface area contributed by atoms with Crippen LogP contribution in [-0.4, -0.2) is 10.2 Å². The Labute approximate surface area is 98.0 Å². The zero-order valence-electron chi connectivity index (χ0n) is 8.64. The minimum absolute atomic E-state index is 0.400. The van der Waals surface area contributed by atoms with Crippen molar-refractivity contribution in [2.75, 3.05) is 5.73 Å². The highest BCUT2D eigenvalue weighted by Crippen LogP contribution is 2.29. The van der Waals surface area contributed by atoms with Gasteiger partial charge in [-0.25, -0.2) is 0 Å². The third kappa shape index (κ3) is 2.41. The number of anilines is 1. The Bertz CT molecular complexity index is 499. The van der Waals surface area contributed by atoms with Crippen molar-refractivity contribution >= 4 is 17.3 Å². The van der Waals surface area contributed by atoms with E-state index in [0.717, 1.165) is 5.69 Å². The number of nitrogen functional groups attached to an aromatic ring is 1. The highest BCUT2D eigenvalue weighted by molar-refractivity contribution is 6.32. The molecule has 0 aliphatic carbocycles. The summed E-state index contributed by atoms with van der Waals surface area (Å²) in [6.45, 7) is 1.85. The fourth-order valence-electron chi connectivity index (χ4n) is 1.15. The first-order chi connectivity index (χ1) is 7.65. The minimum Gasteiger partial charge on any atom is -0.436 e. The molecule has 0 atom stereocenters. The lowest BCUT2D eigenvalue weighted by Gasteiger charge is -2.06. The number of aromatic nitrogens is 2. The number of nitrogens with two attached hydrogens (primary N) is 1. The summed E-state index contributed by atoms with van der Waals surface area (Å²) in [5, 5.41) is 8.20. The number of rotatable bonds is 2. The second-order valence-electron chi connectivity index (χ2n) is 3.30. The summed E-state index contributed by atoms with van der Waals surface area (Å²) in [7, 11) is 0. The zero-order valence-corrected chi connectivity index (χ0v) is 9.40. The Balaban J connectivity index is 2.23. The van der Waals surface area contributed by atoms with Crippen molar-refractivity contribution < 1.29 is 4.74 Å². The van der Waals surface area contributed by atoms with Gasteiger partial charge in [-0.3, -0.25) is 0 Å². The number of ether oxygens (including phenoxy) is 1. The second-order valence-corrected chi connectivity index (χ2v) is 3.71. The number of nitrogens with zero attached hydrogens (tertiary/aromatic N) is 2. The summed E-state index contributed by atoms with van der Waals surface area (Å²) in [6.07, 6.45) is 0. The van der Waals surface area contributed by atoms with Gasteiger partial charge >= 0.3 is 0 Å². The van der Waals surface area contributed by atoms with Gasteiger partial charge in [-0.2, -0.15) is 5.10 Å². The first kappa shape index (κ1) is 10.7. The van der Waals surface area contributed by atoms with Crippen molar-refractivity contribution in [3.63, 3.8) is 0 Å². The minimum atomic E-state index is 0.400. The van der Waals surface area contributed by atoms with E-state index in [-0.39, 0.29) is 0 Å². The van der Waals surface area contributed by atoms with Gasteiger partial charge in [0.1, 0.15) is 5.75 Å². The van der Waals surface area contributed by atoms with Gasteiger partial charge in [0.25, 0.3) is 0 Å². The van der Waals surface area contributed by atoms with Crippen LogP contribution >= 0.6 is 11.6 Å². The summed E-state index contributed by atoms with van der Waals surface area (Å²) < 4.78 is 5.46. The molecule has 0 saturated carbocycles. The fraction of sp³-hybridized carbons (Fsp3) is 0.0909. The van der Waals surface area contributed by atoms with Crippen LogP contribution in [0, 0.1) is 6.92 Å². The molecule has 0 radical (unpaired) electrons. The van der Waals surface area contributed by atoms with Gasteiger partial charge in [-0.15, -0.1) is 5.10 Å². The third-order valence-corrected chi connectivity index (χ3v) is 2.24. The summed E-state index contributed by atoms with van der Waals surface area (Å²) in [6, 6.07) is 8.57. The smallest absolute Gasteiger partial charge is 0.238 e. The Morgan fingerprint density at radius 1 is 1.19 bits per heavy atom. The molecule has 0 saturated heterocycles. The lowest BCUT2D eigenvalue weighted by atomic mass is 10.3. The molecular formula is C11H10ClN3O. The van der Waals surface area contributed by atoms with Gasteiger partial charge < -0.3 is 10.5 Å². The number of aryl methyl sites for hydroxylation is 1. The molecule has 0 aliphatic rings. The molecule has 2 rings (SSSR count). The molecule has 0 fully saturated rings. The molecule has 2 aromatic rings. The van der Waals surface area contributed by atoms with E-state index in [4.69, 9.17) is 22.1 Å². The molecule has 0 unspecified atom stereocenters. The first-order valence-corrected chi connectivity index (χ1v) is 5.06. The largest absolute Gasteiger partial charge is 0.436 e. The van der Waals surface area contributed by atoms with Crippen LogP contribution in [0.1, 0.15) is 5.69 Å². The van der Waals surface area contributed by atoms with Gasteiger partial charge in [-0.1, -0.05) is 11.6 Å². The summed E-state index contributed by atoms with van der Waals surface area (Å²) in [4.78, 5) is 0. The van der Waals surface area contributed by atoms with Crippen molar-refractivity contribution in [2.45, 2.75) is 6.92 Å². The van der Waals surface area contributed by atoms with Crippen LogP contribution in [0.5, 0.6) is 11.6 Å². The van der Waals surface area contributed by atoms with Crippen molar-refractivity contribution in [1.29, 1.82) is 0 Å². The van der Waals surface area contributed by atoms with Gasteiger partial charge in [-0.05, 0) is 31.2 Å². The van der Waals surface area contributed by atoms with Crippen LogP contribution in [0.2, 0.25) is 5.02 Å². The van der Waals surface area contributed by atoms with Gasteiger partial charge in [0.15, 0.2) is 0 Å². The molecule has 16 heavy (non-hydrogen) atoms. The van der Waals surface area contributed by atoms with E-state index in [2.05, 4.69) is 10.2 Å². The van der Waals surface area contributed by atoms with Crippen molar-refractivity contribution in [1.82, 2.24) is 10.2 Å². The Hall–Kier alpha value is -1.81. The molecule has 0 amide bonds. The maximum atomic E-state index is 5.96. The number of hydrogen-bond donors (Lipinski definition) is 1. The van der Waals surface area contributed by atoms with E-state index >= 15 is 0 Å². The van der Waals surface area contributed by atoms with E-state index in [1.165, 1.54) is 0 Å². The average molecular weight is 236 g/mol.